The van der Waals surface area contributed by atoms with Crippen molar-refractivity contribution in [2.24, 2.45) is 5.92 Å². The van der Waals surface area contributed by atoms with Crippen LogP contribution in [0.4, 0.5) is 21.9 Å². The van der Waals surface area contributed by atoms with E-state index >= 15 is 0 Å². The van der Waals surface area contributed by atoms with Gasteiger partial charge in [-0.15, -0.1) is 0 Å². The fourth-order valence-electron chi connectivity index (χ4n) is 3.38. The Bertz CT molecular complexity index is 1000. The average Bonchev–Trinajstić information content (AvgIpc) is 2.79. The second-order valence-electron chi connectivity index (χ2n) is 7.49. The molecular formula is C22H24N4O6. The van der Waals surface area contributed by atoms with Crippen LogP contribution in [0.25, 0.3) is 0 Å². The van der Waals surface area contributed by atoms with Gasteiger partial charge in [-0.2, -0.15) is 0 Å². The lowest BCUT2D eigenvalue weighted by Crippen LogP contribution is -2.43. The summed E-state index contributed by atoms with van der Waals surface area (Å²) < 4.78 is 5.09. The highest BCUT2D eigenvalue weighted by atomic mass is 16.6. The van der Waals surface area contributed by atoms with Crippen molar-refractivity contribution in [1.29, 1.82) is 0 Å². The Balaban J connectivity index is 1.44. The number of hydrogen-bond acceptors (Lipinski definition) is 6. The summed E-state index contributed by atoms with van der Waals surface area (Å²) in [6.07, 6.45) is 0.845. The van der Waals surface area contributed by atoms with Crippen LogP contribution in [0.15, 0.2) is 48.5 Å². The molecule has 10 heteroatoms. The van der Waals surface area contributed by atoms with E-state index in [0.717, 1.165) is 0 Å². The molecule has 2 aromatic carbocycles. The fourth-order valence-corrected chi connectivity index (χ4v) is 3.38. The summed E-state index contributed by atoms with van der Waals surface area (Å²) in [4.78, 5) is 48.9. The third kappa shape index (κ3) is 6.03. The predicted molar refractivity (Wildman–Crippen MR) is 117 cm³/mol. The van der Waals surface area contributed by atoms with Crippen LogP contribution in [0.2, 0.25) is 0 Å². The first kappa shape index (κ1) is 22.7. The van der Waals surface area contributed by atoms with Crippen LogP contribution in [0.1, 0.15) is 18.4 Å². The number of para-hydroxylation sites is 1. The van der Waals surface area contributed by atoms with E-state index in [2.05, 4.69) is 10.6 Å². The van der Waals surface area contributed by atoms with Crippen molar-refractivity contribution in [3.8, 4) is 0 Å². The third-order valence-electron chi connectivity index (χ3n) is 5.11. The molecule has 1 aliphatic rings. The van der Waals surface area contributed by atoms with Gasteiger partial charge < -0.3 is 20.3 Å². The predicted octanol–water partition coefficient (Wildman–Crippen LogP) is 3.33. The van der Waals surface area contributed by atoms with Gasteiger partial charge in [-0.3, -0.25) is 19.7 Å². The number of amides is 3. The summed E-state index contributed by atoms with van der Waals surface area (Å²) in [5.41, 5.74) is 1.19. The number of esters is 1. The van der Waals surface area contributed by atoms with Crippen molar-refractivity contribution in [3.05, 3.63) is 64.2 Å². The number of likely N-dealkylation sites (tertiary alicyclic amines) is 1. The number of carbonyl (C=O) groups excluding carboxylic acids is 3. The number of urea groups is 1. The average molecular weight is 440 g/mol. The Hall–Kier alpha value is -3.95. The maximum atomic E-state index is 12.3. The van der Waals surface area contributed by atoms with Crippen molar-refractivity contribution in [2.75, 3.05) is 30.3 Å². The van der Waals surface area contributed by atoms with Crippen LogP contribution >= 0.6 is 0 Å². The van der Waals surface area contributed by atoms with Crippen molar-refractivity contribution in [2.45, 2.75) is 19.8 Å². The molecule has 2 aromatic rings. The third-order valence-corrected chi connectivity index (χ3v) is 5.11. The molecule has 0 unspecified atom stereocenters. The maximum absolute atomic E-state index is 12.3. The summed E-state index contributed by atoms with van der Waals surface area (Å²) in [6, 6.07) is 13.3. The van der Waals surface area contributed by atoms with Crippen LogP contribution in [-0.4, -0.2) is 47.4 Å². The molecule has 2 N–H and O–H groups in total. The number of rotatable bonds is 6. The quantitative estimate of drug-likeness (QED) is 0.402. The molecule has 0 bridgehead atoms. The molecule has 0 saturated carbocycles. The van der Waals surface area contributed by atoms with Crippen LogP contribution < -0.4 is 10.6 Å². The minimum absolute atomic E-state index is 0.0411. The molecule has 1 saturated heterocycles. The highest BCUT2D eigenvalue weighted by Crippen LogP contribution is 2.25. The number of carbonyl (C=O) groups is 3. The number of ether oxygens (including phenoxy) is 1. The summed E-state index contributed by atoms with van der Waals surface area (Å²) >= 11 is 0. The van der Waals surface area contributed by atoms with E-state index in [0.29, 0.717) is 37.2 Å². The van der Waals surface area contributed by atoms with E-state index in [-0.39, 0.29) is 17.4 Å². The van der Waals surface area contributed by atoms with E-state index < -0.39 is 29.3 Å². The zero-order chi connectivity index (χ0) is 23.1. The second-order valence-corrected chi connectivity index (χ2v) is 7.49. The topological polar surface area (TPSA) is 131 Å². The zero-order valence-electron chi connectivity index (χ0n) is 17.6. The van der Waals surface area contributed by atoms with Crippen LogP contribution in [0.3, 0.4) is 0 Å². The Kier molecular flexibility index (Phi) is 7.37. The minimum atomic E-state index is -0.662. The number of anilines is 2. The van der Waals surface area contributed by atoms with Crippen molar-refractivity contribution in [1.82, 2.24) is 4.90 Å². The van der Waals surface area contributed by atoms with Crippen LogP contribution in [0, 0.1) is 23.0 Å². The van der Waals surface area contributed by atoms with E-state index in [4.69, 9.17) is 4.74 Å². The van der Waals surface area contributed by atoms with Crippen LogP contribution in [-0.2, 0) is 14.3 Å². The Morgan fingerprint density at radius 3 is 2.44 bits per heavy atom. The number of nitro benzene ring substituents is 1. The Labute approximate surface area is 184 Å². The first-order chi connectivity index (χ1) is 15.3. The lowest BCUT2D eigenvalue weighted by Gasteiger charge is -2.30. The van der Waals surface area contributed by atoms with Crippen molar-refractivity contribution >= 4 is 35.0 Å². The smallest absolute Gasteiger partial charge is 0.321 e. The molecule has 0 spiro atoms. The van der Waals surface area contributed by atoms with E-state index in [1.807, 2.05) is 18.2 Å². The number of piperidine rings is 1. The molecule has 0 atom stereocenters. The number of nitrogens with one attached hydrogen (secondary N) is 2. The number of benzene rings is 2. The molecule has 0 aromatic heterocycles. The van der Waals surface area contributed by atoms with Crippen LogP contribution in [0.5, 0.6) is 0 Å². The highest BCUT2D eigenvalue weighted by molar-refractivity contribution is 5.95. The molecule has 0 radical (unpaired) electrons. The van der Waals surface area contributed by atoms with Gasteiger partial charge in [-0.1, -0.05) is 24.3 Å². The summed E-state index contributed by atoms with van der Waals surface area (Å²) in [5.74, 6) is -1.61. The van der Waals surface area contributed by atoms with Crippen molar-refractivity contribution < 1.29 is 24.0 Å². The number of nitro groups is 1. The molecule has 168 valence electrons. The van der Waals surface area contributed by atoms with Gasteiger partial charge in [0.05, 0.1) is 10.8 Å². The lowest BCUT2D eigenvalue weighted by molar-refractivity contribution is -0.384. The number of nitrogens with zero attached hydrogens (tertiary/aromatic N) is 2. The Morgan fingerprint density at radius 1 is 1.09 bits per heavy atom. The molecule has 3 rings (SSSR count). The van der Waals surface area contributed by atoms with Gasteiger partial charge in [0.1, 0.15) is 5.69 Å². The SMILES string of the molecule is Cc1ccc(NC(=O)COC(=O)C2CCN(C(=O)Nc3ccccc3)CC2)c([N+](=O)[O-])c1. The second kappa shape index (κ2) is 10.4. The van der Waals surface area contributed by atoms with Gasteiger partial charge in [-0.05, 0) is 43.5 Å². The fraction of sp³-hybridized carbons (Fsp3) is 0.318. The molecule has 1 fully saturated rings. The van der Waals surface area contributed by atoms with Crippen molar-refractivity contribution in [3.63, 3.8) is 0 Å². The minimum Gasteiger partial charge on any atom is -0.455 e. The van der Waals surface area contributed by atoms with Gasteiger partial charge in [0, 0.05) is 24.8 Å². The van der Waals surface area contributed by atoms with Gasteiger partial charge in [0.25, 0.3) is 11.6 Å². The Morgan fingerprint density at radius 2 is 1.78 bits per heavy atom. The van der Waals surface area contributed by atoms with E-state index in [1.54, 1.807) is 30.0 Å². The zero-order valence-corrected chi connectivity index (χ0v) is 17.6. The van der Waals surface area contributed by atoms with E-state index in [1.165, 1.54) is 12.1 Å². The summed E-state index contributed by atoms with van der Waals surface area (Å²) in [5, 5.41) is 16.3. The summed E-state index contributed by atoms with van der Waals surface area (Å²) in [6.45, 7) is 1.94. The first-order valence-electron chi connectivity index (χ1n) is 10.2. The standard InChI is InChI=1S/C22H24N4O6/c1-15-7-8-18(19(13-15)26(30)31)24-20(27)14-32-21(28)16-9-11-25(12-10-16)22(29)23-17-5-3-2-4-6-17/h2-8,13,16H,9-12,14H2,1H3,(H,23,29)(H,24,27). The van der Waals surface area contributed by atoms with Gasteiger partial charge >= 0.3 is 12.0 Å². The molecule has 1 aliphatic heterocycles. The largest absolute Gasteiger partial charge is 0.455 e. The first-order valence-corrected chi connectivity index (χ1v) is 10.2. The van der Waals surface area contributed by atoms with E-state index in [9.17, 15) is 24.5 Å². The molecular weight excluding hydrogens is 416 g/mol. The molecule has 32 heavy (non-hydrogen) atoms. The highest BCUT2D eigenvalue weighted by Gasteiger charge is 2.29. The summed E-state index contributed by atoms with van der Waals surface area (Å²) in [7, 11) is 0. The molecule has 10 nitrogen and oxygen atoms in total. The lowest BCUT2D eigenvalue weighted by atomic mass is 9.97. The van der Waals surface area contributed by atoms with Gasteiger partial charge in [0.2, 0.25) is 0 Å². The monoisotopic (exact) mass is 440 g/mol. The molecule has 0 aliphatic carbocycles. The number of aryl methyl sites for hydroxylation is 1. The maximum Gasteiger partial charge on any atom is 0.321 e. The van der Waals surface area contributed by atoms with Gasteiger partial charge in [-0.25, -0.2) is 4.79 Å². The normalized spacial score (nSPS) is 13.8. The number of hydrogen-bond donors (Lipinski definition) is 2. The molecule has 3 amide bonds. The molecule has 1 heterocycles. The van der Waals surface area contributed by atoms with Gasteiger partial charge in [0.15, 0.2) is 6.61 Å².